The van der Waals surface area contributed by atoms with Gasteiger partial charge in [0, 0.05) is 39.7 Å². The van der Waals surface area contributed by atoms with Crippen molar-refractivity contribution in [2.24, 2.45) is 0 Å². The lowest BCUT2D eigenvalue weighted by Gasteiger charge is -2.04. The first-order valence-corrected chi connectivity index (χ1v) is 22.7. The number of unbranched alkanes of at least 4 members (excludes halogenated alkanes) is 16. The molecule has 2 nitrogen and oxygen atoms in total. The SMILES string of the molecule is CCCCCCCCCCCc1csc2cc(-c3ccc(-c4cc5scc(CCCCCCCCCCC)c5s4)c4snnc34)sc12. The van der Waals surface area contributed by atoms with Crippen molar-refractivity contribution in [2.45, 2.75) is 142 Å². The highest BCUT2D eigenvalue weighted by molar-refractivity contribution is 7.30. The number of benzene rings is 1. The fraction of sp³-hybridized carbons (Fsp3) is 0.550. The zero-order chi connectivity index (χ0) is 32.3. The van der Waals surface area contributed by atoms with Gasteiger partial charge in [-0.25, -0.2) is 0 Å². The molecule has 7 heteroatoms. The number of nitrogens with zero attached hydrogens (tertiary/aromatic N) is 2. The number of aromatic nitrogens is 2. The molecular formula is C40H52N2S5. The summed E-state index contributed by atoms with van der Waals surface area (Å²) >= 11 is 9.32. The van der Waals surface area contributed by atoms with Crippen LogP contribution in [0, 0.1) is 0 Å². The van der Waals surface area contributed by atoms with Gasteiger partial charge in [-0.3, -0.25) is 0 Å². The number of thiophene rings is 4. The van der Waals surface area contributed by atoms with Crippen LogP contribution in [0.25, 0.3) is 49.9 Å². The first kappa shape index (κ1) is 35.2. The van der Waals surface area contributed by atoms with Crippen LogP contribution in [0.1, 0.15) is 141 Å². The van der Waals surface area contributed by atoms with Crippen LogP contribution < -0.4 is 0 Å². The van der Waals surface area contributed by atoms with Gasteiger partial charge in [0.25, 0.3) is 0 Å². The van der Waals surface area contributed by atoms with Crippen molar-refractivity contribution in [1.82, 2.24) is 9.59 Å². The minimum absolute atomic E-state index is 1.06. The quantitative estimate of drug-likeness (QED) is 0.0653. The molecule has 0 aliphatic heterocycles. The average Bonchev–Trinajstić information content (AvgIpc) is 3.91. The summed E-state index contributed by atoms with van der Waals surface area (Å²) in [5.41, 5.74) is 6.70. The number of hydrogen-bond acceptors (Lipinski definition) is 7. The van der Waals surface area contributed by atoms with Crippen LogP contribution in [0.2, 0.25) is 0 Å². The Kier molecular flexibility index (Phi) is 13.8. The molecule has 6 aromatic rings. The fourth-order valence-electron chi connectivity index (χ4n) is 6.87. The first-order valence-electron chi connectivity index (χ1n) is 18.5. The van der Waals surface area contributed by atoms with Crippen LogP contribution in [-0.2, 0) is 12.8 Å². The lowest BCUT2D eigenvalue weighted by Crippen LogP contribution is -1.85. The monoisotopic (exact) mass is 720 g/mol. The van der Waals surface area contributed by atoms with Crippen molar-refractivity contribution in [2.75, 3.05) is 0 Å². The van der Waals surface area contributed by atoms with Crippen molar-refractivity contribution < 1.29 is 0 Å². The zero-order valence-electron chi connectivity index (χ0n) is 28.5. The summed E-state index contributed by atoms with van der Waals surface area (Å²) in [4.78, 5) is 2.69. The van der Waals surface area contributed by atoms with E-state index in [-0.39, 0.29) is 0 Å². The van der Waals surface area contributed by atoms with Gasteiger partial charge < -0.3 is 0 Å². The van der Waals surface area contributed by atoms with E-state index in [0.717, 1.165) is 5.52 Å². The van der Waals surface area contributed by atoms with Gasteiger partial charge >= 0.3 is 0 Å². The molecule has 0 N–H and O–H groups in total. The average molecular weight is 721 g/mol. The minimum atomic E-state index is 1.06. The van der Waals surface area contributed by atoms with Gasteiger partial charge in [-0.05, 0) is 71.2 Å². The van der Waals surface area contributed by atoms with Crippen LogP contribution in [-0.4, -0.2) is 9.59 Å². The van der Waals surface area contributed by atoms with Crippen LogP contribution >= 0.6 is 56.9 Å². The highest BCUT2D eigenvalue weighted by Gasteiger charge is 2.19. The predicted molar refractivity (Wildman–Crippen MR) is 217 cm³/mol. The molecule has 0 unspecified atom stereocenters. The minimum Gasteiger partial charge on any atom is -0.143 e. The third kappa shape index (κ3) is 9.13. The molecule has 0 atom stereocenters. The smallest absolute Gasteiger partial charge is 0.115 e. The highest BCUT2D eigenvalue weighted by atomic mass is 32.1. The molecule has 0 aliphatic carbocycles. The molecular weight excluding hydrogens is 669 g/mol. The van der Waals surface area contributed by atoms with Crippen molar-refractivity contribution in [3.63, 3.8) is 0 Å². The standard InChI is InChI=1S/C40H52N2S5/c1-3-5-7-9-11-13-15-17-19-21-29-27-43-35-25-33(45-38(29)35)31-23-24-32(40-37(31)41-42-47-40)34-26-36-39(46-34)30(28-44-36)22-20-18-16-14-12-10-8-6-4-2/h23-28H,3-22H2,1-2H3. The second kappa shape index (κ2) is 18.4. The van der Waals surface area contributed by atoms with E-state index in [2.05, 4.69) is 53.4 Å². The van der Waals surface area contributed by atoms with Crippen LogP contribution in [0.15, 0.2) is 35.0 Å². The Labute approximate surface area is 302 Å². The van der Waals surface area contributed by atoms with Gasteiger partial charge in [0.05, 0.1) is 4.70 Å². The van der Waals surface area contributed by atoms with Crippen LogP contribution in [0.3, 0.4) is 0 Å². The molecule has 0 aliphatic rings. The van der Waals surface area contributed by atoms with E-state index in [9.17, 15) is 0 Å². The number of hydrogen-bond donors (Lipinski definition) is 0. The zero-order valence-corrected chi connectivity index (χ0v) is 32.6. The normalized spacial score (nSPS) is 12.0. The lowest BCUT2D eigenvalue weighted by molar-refractivity contribution is 0.565. The molecule has 0 saturated heterocycles. The second-order valence-electron chi connectivity index (χ2n) is 13.4. The maximum Gasteiger partial charge on any atom is 0.115 e. The summed E-state index contributed by atoms with van der Waals surface area (Å²) in [6.07, 6.45) is 27.3. The number of fused-ring (bicyclic) bond motifs is 3. The van der Waals surface area contributed by atoms with E-state index in [1.54, 1.807) is 22.7 Å². The van der Waals surface area contributed by atoms with E-state index < -0.39 is 0 Å². The van der Waals surface area contributed by atoms with Gasteiger partial charge in [0.15, 0.2) is 0 Å². The van der Waals surface area contributed by atoms with Crippen LogP contribution in [0.5, 0.6) is 0 Å². The molecule has 0 spiro atoms. The molecule has 5 heterocycles. The van der Waals surface area contributed by atoms with Gasteiger partial charge in [-0.1, -0.05) is 133 Å². The first-order chi connectivity index (χ1) is 23.3. The largest absolute Gasteiger partial charge is 0.143 e. The Balaban J connectivity index is 1.07. The van der Waals surface area contributed by atoms with E-state index in [4.69, 9.17) is 5.10 Å². The fourth-order valence-corrected chi connectivity index (χ4v) is 12.6. The highest BCUT2D eigenvalue weighted by Crippen LogP contribution is 2.46. The third-order valence-corrected chi connectivity index (χ3v) is 15.1. The van der Waals surface area contributed by atoms with E-state index in [0.29, 0.717) is 0 Å². The molecule has 47 heavy (non-hydrogen) atoms. The molecule has 0 fully saturated rings. The third-order valence-electron chi connectivity index (χ3n) is 9.67. The Morgan fingerprint density at radius 2 is 0.957 bits per heavy atom. The number of rotatable bonds is 22. The van der Waals surface area contributed by atoms with E-state index in [1.165, 1.54) is 173 Å². The Hall–Kier alpha value is -1.64. The summed E-state index contributed by atoms with van der Waals surface area (Å²) in [5.74, 6) is 0. The molecule has 252 valence electrons. The van der Waals surface area contributed by atoms with E-state index in [1.807, 2.05) is 45.3 Å². The summed E-state index contributed by atoms with van der Waals surface area (Å²) in [6, 6.07) is 9.46. The molecule has 0 saturated carbocycles. The molecule has 0 radical (unpaired) electrons. The van der Waals surface area contributed by atoms with Crippen LogP contribution in [0.4, 0.5) is 0 Å². The summed E-state index contributed by atoms with van der Waals surface area (Å²) in [6.45, 7) is 4.59. The van der Waals surface area contributed by atoms with Gasteiger partial charge in [0.2, 0.25) is 0 Å². The van der Waals surface area contributed by atoms with Gasteiger partial charge in [0.1, 0.15) is 5.52 Å². The molecule has 0 amide bonds. The van der Waals surface area contributed by atoms with E-state index >= 15 is 0 Å². The van der Waals surface area contributed by atoms with Crippen molar-refractivity contribution in [1.29, 1.82) is 0 Å². The maximum absolute atomic E-state index is 4.69. The molecule has 0 bridgehead atoms. The summed E-state index contributed by atoms with van der Waals surface area (Å²) < 4.78 is 11.5. The van der Waals surface area contributed by atoms with Gasteiger partial charge in [-0.15, -0.1) is 50.4 Å². The molecule has 5 aromatic heterocycles. The van der Waals surface area contributed by atoms with Crippen molar-refractivity contribution >= 4 is 85.9 Å². The Bertz CT molecular complexity index is 1670. The topological polar surface area (TPSA) is 25.8 Å². The molecule has 6 rings (SSSR count). The van der Waals surface area contributed by atoms with Gasteiger partial charge in [-0.2, -0.15) is 0 Å². The van der Waals surface area contributed by atoms with Crippen molar-refractivity contribution in [3.8, 4) is 20.9 Å². The lowest BCUT2D eigenvalue weighted by atomic mass is 10.0. The predicted octanol–water partition coefficient (Wildman–Crippen LogP) is 15.7. The Morgan fingerprint density at radius 1 is 0.511 bits per heavy atom. The number of aryl methyl sites for hydroxylation is 2. The maximum atomic E-state index is 4.69. The molecule has 1 aromatic carbocycles. The summed E-state index contributed by atoms with van der Waals surface area (Å²) in [7, 11) is 0. The summed E-state index contributed by atoms with van der Waals surface area (Å²) in [5, 5.41) is 9.51. The second-order valence-corrected chi connectivity index (χ2v) is 18.1. The Morgan fingerprint density at radius 3 is 1.47 bits per heavy atom. The van der Waals surface area contributed by atoms with Crippen molar-refractivity contribution in [3.05, 3.63) is 46.2 Å².